The Morgan fingerprint density at radius 2 is 2.06 bits per heavy atom. The van der Waals surface area contributed by atoms with Crippen LogP contribution in [0.1, 0.15) is 54.4 Å². The Hall–Kier alpha value is -2.00. The molecule has 0 amide bonds. The molecule has 2 aliphatic rings. The van der Waals surface area contributed by atoms with E-state index in [9.17, 15) is 4.39 Å². The molecule has 1 fully saturated rings. The molecule has 0 saturated heterocycles. The summed E-state index contributed by atoms with van der Waals surface area (Å²) in [4.78, 5) is 5.07. The van der Waals surface area contributed by atoms with Crippen molar-refractivity contribution in [1.29, 1.82) is 0 Å². The van der Waals surface area contributed by atoms with Crippen LogP contribution in [-0.4, -0.2) is 29.6 Å². The number of aliphatic imine (C=N–C) groups is 1. The summed E-state index contributed by atoms with van der Waals surface area (Å²) < 4.78 is 19.7. The van der Waals surface area contributed by atoms with E-state index < -0.39 is 4.75 Å². The van der Waals surface area contributed by atoms with E-state index in [2.05, 4.69) is 24.2 Å². The lowest BCUT2D eigenvalue weighted by molar-refractivity contribution is 0.411. The maximum Gasteiger partial charge on any atom is 0.148 e. The van der Waals surface area contributed by atoms with Crippen LogP contribution in [0.3, 0.4) is 0 Å². The van der Waals surface area contributed by atoms with Gasteiger partial charge in [-0.25, -0.2) is 4.39 Å². The van der Waals surface area contributed by atoms with Crippen molar-refractivity contribution in [2.75, 3.05) is 13.7 Å². The Morgan fingerprint density at radius 3 is 2.70 bits per heavy atom. The van der Waals surface area contributed by atoms with Crippen LogP contribution < -0.4 is 10.1 Å². The predicted octanol–water partition coefficient (Wildman–Crippen LogP) is 6.49. The van der Waals surface area contributed by atoms with E-state index in [1.54, 1.807) is 31.9 Å². The predicted molar refractivity (Wildman–Crippen MR) is 137 cm³/mol. The van der Waals surface area contributed by atoms with Crippen LogP contribution in [0.2, 0.25) is 5.02 Å². The third kappa shape index (κ3) is 4.94. The highest BCUT2D eigenvalue weighted by molar-refractivity contribution is 8.02. The van der Waals surface area contributed by atoms with Crippen molar-refractivity contribution in [3.8, 4) is 18.1 Å². The number of halogens is 2. The number of benzene rings is 2. The van der Waals surface area contributed by atoms with Crippen molar-refractivity contribution in [3.05, 3.63) is 63.4 Å². The fourth-order valence-corrected chi connectivity index (χ4v) is 6.34. The lowest BCUT2D eigenvalue weighted by atomic mass is 9.77. The molecule has 1 N–H and O–H groups in total. The molecule has 6 heteroatoms. The monoisotopic (exact) mass is 484 g/mol. The topological polar surface area (TPSA) is 33.6 Å². The van der Waals surface area contributed by atoms with Crippen molar-refractivity contribution < 1.29 is 9.13 Å². The summed E-state index contributed by atoms with van der Waals surface area (Å²) in [5.41, 5.74) is 4.27. The van der Waals surface area contributed by atoms with Crippen LogP contribution >= 0.6 is 23.4 Å². The van der Waals surface area contributed by atoms with Crippen LogP contribution in [0.15, 0.2) is 35.3 Å². The molecule has 0 aromatic heterocycles. The molecule has 2 aromatic rings. The molecule has 1 aliphatic carbocycles. The molecular formula is C27H30ClFN2OS. The van der Waals surface area contributed by atoms with Gasteiger partial charge in [0.25, 0.3) is 0 Å². The number of thioether (sulfide) groups is 1. The highest BCUT2D eigenvalue weighted by Crippen LogP contribution is 2.54. The number of hydrogen-bond acceptors (Lipinski definition) is 4. The van der Waals surface area contributed by atoms with Crippen LogP contribution in [0, 0.1) is 37.9 Å². The summed E-state index contributed by atoms with van der Waals surface area (Å²) in [6.45, 7) is 6.44. The minimum absolute atomic E-state index is 0.0833. The minimum Gasteiger partial charge on any atom is -0.496 e. The Morgan fingerprint density at radius 1 is 1.30 bits per heavy atom. The fraction of sp³-hybridized carbons (Fsp3) is 0.444. The van der Waals surface area contributed by atoms with E-state index in [0.717, 1.165) is 34.6 Å². The van der Waals surface area contributed by atoms with Gasteiger partial charge in [0.1, 0.15) is 17.1 Å². The van der Waals surface area contributed by atoms with E-state index in [1.807, 2.05) is 25.1 Å². The number of nitrogens with one attached hydrogen (secondary N) is 1. The van der Waals surface area contributed by atoms with E-state index in [0.29, 0.717) is 23.0 Å². The zero-order chi connectivity index (χ0) is 23.8. The Balaban J connectivity index is 1.83. The van der Waals surface area contributed by atoms with Crippen LogP contribution in [0.4, 0.5) is 4.39 Å². The normalized spacial score (nSPS) is 23.2. The van der Waals surface area contributed by atoms with E-state index >= 15 is 0 Å². The lowest BCUT2D eigenvalue weighted by Crippen LogP contribution is -2.38. The maximum absolute atomic E-state index is 14.7. The van der Waals surface area contributed by atoms with Gasteiger partial charge < -0.3 is 4.74 Å². The molecule has 174 valence electrons. The molecule has 3 unspecified atom stereocenters. The number of hydrogen-bond donors (Lipinski definition) is 1. The van der Waals surface area contributed by atoms with Crippen LogP contribution in [-0.2, 0) is 0 Å². The standard InChI is InChI=1S/C27H30ClFN2OS/c1-6-11-30-26-31-25(20-12-17(3)24(32-5)15-22(20)28)27(4,33-26)21(13-18-8-9-18)19-10-7-16(2)23(29)14-19/h1,7,10,12,14-15,18,21,26,30H,8-9,11,13H2,2-5H3. The van der Waals surface area contributed by atoms with Crippen molar-refractivity contribution in [2.24, 2.45) is 10.9 Å². The molecular weight excluding hydrogens is 455 g/mol. The van der Waals surface area contributed by atoms with Crippen LogP contribution in [0.25, 0.3) is 0 Å². The number of nitrogens with zero attached hydrogens (tertiary/aromatic N) is 1. The minimum atomic E-state index is -0.415. The number of methoxy groups -OCH3 is 1. The Labute approximate surface area is 205 Å². The second-order valence-electron chi connectivity index (χ2n) is 9.18. The average Bonchev–Trinajstić information content (AvgIpc) is 3.55. The molecule has 33 heavy (non-hydrogen) atoms. The summed E-state index contributed by atoms with van der Waals surface area (Å²) in [5.74, 6) is 3.96. The van der Waals surface area contributed by atoms with Crippen molar-refractivity contribution >= 4 is 29.1 Å². The van der Waals surface area contributed by atoms with Crippen molar-refractivity contribution in [1.82, 2.24) is 5.32 Å². The smallest absolute Gasteiger partial charge is 0.148 e. The van der Waals surface area contributed by atoms with Gasteiger partial charge in [0.05, 0.1) is 29.1 Å². The molecule has 3 atom stereocenters. The van der Waals surface area contributed by atoms with Gasteiger partial charge in [-0.1, -0.05) is 42.5 Å². The number of ether oxygens (including phenoxy) is 1. The quantitative estimate of drug-likeness (QED) is 0.435. The fourth-order valence-electron chi connectivity index (χ4n) is 4.63. The highest BCUT2D eigenvalue weighted by Gasteiger charge is 2.49. The summed E-state index contributed by atoms with van der Waals surface area (Å²) in [5, 5.41) is 3.93. The summed E-state index contributed by atoms with van der Waals surface area (Å²) in [7, 11) is 1.64. The molecule has 0 spiro atoms. The molecule has 0 radical (unpaired) electrons. The summed E-state index contributed by atoms with van der Waals surface area (Å²) in [6.07, 6.45) is 8.93. The SMILES string of the molecule is C#CCNC1N=C(c2cc(C)c(OC)cc2Cl)C(C)(C(CC2CC2)c2ccc(C)c(F)c2)S1. The van der Waals surface area contributed by atoms with Gasteiger partial charge >= 0.3 is 0 Å². The third-order valence-electron chi connectivity index (χ3n) is 6.72. The molecule has 3 nitrogen and oxygen atoms in total. The van der Waals surface area contributed by atoms with Gasteiger partial charge in [0.2, 0.25) is 0 Å². The average molecular weight is 485 g/mol. The molecule has 0 bridgehead atoms. The zero-order valence-electron chi connectivity index (χ0n) is 19.5. The largest absolute Gasteiger partial charge is 0.496 e. The van der Waals surface area contributed by atoms with Crippen molar-refractivity contribution in [2.45, 2.75) is 56.2 Å². The Bertz CT molecular complexity index is 1120. The second-order valence-corrected chi connectivity index (χ2v) is 11.1. The first-order chi connectivity index (χ1) is 15.8. The van der Waals surface area contributed by atoms with E-state index in [-0.39, 0.29) is 17.2 Å². The second kappa shape index (κ2) is 9.70. The highest BCUT2D eigenvalue weighted by atomic mass is 35.5. The molecule has 4 rings (SSSR count). The zero-order valence-corrected chi connectivity index (χ0v) is 21.1. The van der Waals surface area contributed by atoms with Gasteiger partial charge in [-0.2, -0.15) is 0 Å². The molecule has 2 aromatic carbocycles. The number of terminal acetylenes is 1. The van der Waals surface area contributed by atoms with Crippen molar-refractivity contribution in [3.63, 3.8) is 0 Å². The van der Waals surface area contributed by atoms with Gasteiger partial charge in [-0.3, -0.25) is 10.3 Å². The van der Waals surface area contributed by atoms with Crippen LogP contribution in [0.5, 0.6) is 5.75 Å². The van der Waals surface area contributed by atoms with Gasteiger partial charge in [-0.15, -0.1) is 18.2 Å². The van der Waals surface area contributed by atoms with Gasteiger partial charge in [0.15, 0.2) is 0 Å². The molecule has 1 heterocycles. The van der Waals surface area contributed by atoms with Gasteiger partial charge in [0, 0.05) is 11.5 Å². The lowest BCUT2D eigenvalue weighted by Gasteiger charge is -2.36. The van der Waals surface area contributed by atoms with Gasteiger partial charge in [-0.05, 0) is 68.0 Å². The molecule has 1 saturated carbocycles. The first-order valence-electron chi connectivity index (χ1n) is 11.3. The van der Waals surface area contributed by atoms with E-state index in [4.69, 9.17) is 27.8 Å². The van der Waals surface area contributed by atoms with E-state index in [1.165, 1.54) is 12.8 Å². The third-order valence-corrected chi connectivity index (χ3v) is 8.50. The summed E-state index contributed by atoms with van der Waals surface area (Å²) in [6, 6.07) is 9.55. The first kappa shape index (κ1) is 24.1. The number of aryl methyl sites for hydroxylation is 2. The first-order valence-corrected chi connectivity index (χ1v) is 12.6. The Kier molecular flexibility index (Phi) is 7.09. The number of rotatable bonds is 8. The molecule has 1 aliphatic heterocycles. The summed E-state index contributed by atoms with van der Waals surface area (Å²) >= 11 is 8.51. The maximum atomic E-state index is 14.7.